The monoisotopic (exact) mass is 568 g/mol. The Morgan fingerprint density at radius 2 is 0.684 bits per heavy atom. The number of hydrogen-bond donors (Lipinski definition) is 6. The second-order valence-electron chi connectivity index (χ2n) is 7.55. The van der Waals surface area contributed by atoms with E-state index in [1.807, 2.05) is 0 Å². The predicted molar refractivity (Wildman–Crippen MR) is 145 cm³/mol. The molecule has 0 radical (unpaired) electrons. The third-order valence-corrected chi connectivity index (χ3v) is 5.95. The van der Waals surface area contributed by atoms with Crippen molar-refractivity contribution in [1.29, 1.82) is 0 Å². The molecule has 0 spiro atoms. The van der Waals surface area contributed by atoms with Crippen molar-refractivity contribution >= 4 is 32.2 Å². The van der Waals surface area contributed by atoms with E-state index in [4.69, 9.17) is 0 Å². The average molecular weight is 569 g/mol. The van der Waals surface area contributed by atoms with Crippen LogP contribution < -0.4 is 33.8 Å². The van der Waals surface area contributed by atoms with E-state index in [1.165, 1.54) is 22.3 Å². The molecule has 14 heteroatoms. The second-order valence-corrected chi connectivity index (χ2v) is 10.3. The van der Waals surface area contributed by atoms with Crippen molar-refractivity contribution in [3.05, 3.63) is 95.1 Å². The first-order chi connectivity index (χ1) is 17.3. The average Bonchev–Trinajstić information content (AvgIpc) is 2.77. The van der Waals surface area contributed by atoms with E-state index in [0.717, 1.165) is 24.3 Å². The van der Waals surface area contributed by atoms with Gasteiger partial charge in [-0.2, -0.15) is 0 Å². The molecule has 3 aromatic carbocycles. The molecule has 0 aromatic heterocycles. The molecule has 0 amide bonds. The first-order valence-corrected chi connectivity index (χ1v) is 13.4. The fourth-order valence-corrected chi connectivity index (χ4v) is 3.04. The number of guanidine groups is 2. The van der Waals surface area contributed by atoms with Crippen LogP contribution in [0.4, 0.5) is 0 Å². The molecule has 0 aliphatic heterocycles. The van der Waals surface area contributed by atoms with Crippen molar-refractivity contribution in [2.45, 2.75) is 37.5 Å². The number of aryl methyl sites for hydroxylation is 4. The minimum absolute atomic E-state index is 0.0833. The van der Waals surface area contributed by atoms with Gasteiger partial charge < -0.3 is 9.11 Å². The van der Waals surface area contributed by atoms with E-state index in [2.05, 4.69) is 110 Å². The molecule has 3 aromatic rings. The smallest absolute Gasteiger partial charge is 0.336 e. The first-order valence-electron chi connectivity index (χ1n) is 10.6. The Balaban J connectivity index is 0. The van der Waals surface area contributed by atoms with Gasteiger partial charge in [-0.3, -0.25) is 33.8 Å². The third kappa shape index (κ3) is 19.2. The number of benzene rings is 3. The Bertz CT molecular complexity index is 1220. The van der Waals surface area contributed by atoms with E-state index in [9.17, 15) is 25.9 Å². The molecule has 12 nitrogen and oxygen atoms in total. The lowest BCUT2D eigenvalue weighted by atomic mass is 10.1. The van der Waals surface area contributed by atoms with Gasteiger partial charge in [-0.1, -0.05) is 48.5 Å². The van der Waals surface area contributed by atoms with Crippen LogP contribution in [-0.2, 0) is 20.2 Å². The van der Waals surface area contributed by atoms with E-state index < -0.39 is 30.0 Å². The van der Waals surface area contributed by atoms with Crippen LogP contribution in [0.5, 0.6) is 0 Å². The van der Waals surface area contributed by atoms with Gasteiger partial charge >= 0.3 is 11.9 Å². The van der Waals surface area contributed by atoms with Crippen LogP contribution >= 0.6 is 0 Å². The summed E-state index contributed by atoms with van der Waals surface area (Å²) in [7, 11) is -9.22. The molecule has 0 saturated heterocycles. The van der Waals surface area contributed by atoms with Crippen LogP contribution in [0.15, 0.2) is 82.6 Å². The Kier molecular flexibility index (Phi) is 16.6. The minimum Gasteiger partial charge on any atom is -0.744 e. The zero-order valence-corrected chi connectivity index (χ0v) is 23.3. The van der Waals surface area contributed by atoms with E-state index in [-0.39, 0.29) is 11.9 Å². The Morgan fingerprint density at radius 1 is 0.526 bits per heavy atom. The molecule has 3 rings (SSSR count). The summed E-state index contributed by atoms with van der Waals surface area (Å²) in [5, 5.41) is 9.17. The maximum atomic E-state index is 10.4. The maximum Gasteiger partial charge on any atom is 0.336 e. The number of nitrogens with two attached hydrogens (primary N) is 6. The van der Waals surface area contributed by atoms with Crippen LogP contribution in [-0.4, -0.2) is 37.9 Å². The molecule has 0 fully saturated rings. The molecular weight excluding hydrogens is 532 g/mol. The molecular formula is C24H36N6O6S2. The molecule has 0 atom stereocenters. The zero-order valence-electron chi connectivity index (χ0n) is 21.7. The summed E-state index contributed by atoms with van der Waals surface area (Å²) in [6.07, 6.45) is 0. The van der Waals surface area contributed by atoms with Gasteiger partial charge in [-0.25, -0.2) is 16.8 Å². The van der Waals surface area contributed by atoms with Crippen LogP contribution in [0.3, 0.4) is 0 Å². The van der Waals surface area contributed by atoms with Crippen LogP contribution in [0.1, 0.15) is 22.3 Å². The molecule has 0 saturated carbocycles. The molecule has 0 aliphatic rings. The van der Waals surface area contributed by atoms with E-state index >= 15 is 0 Å². The highest BCUT2D eigenvalue weighted by Gasteiger charge is 2.04. The molecule has 38 heavy (non-hydrogen) atoms. The highest BCUT2D eigenvalue weighted by molar-refractivity contribution is 7.86. The van der Waals surface area contributed by atoms with Gasteiger partial charge in [-0.15, -0.1) is 0 Å². The standard InChI is InChI=1S/2C8H10.C6H6O6S2.2CH5N3/c2*1-7-5-3-4-6-8(7)2;7-13(8,9)5-1-2-6(4-3-5)14(10,11)12;2*2-1(3)4/h2*3-6H,1-2H3;1-4H,(H,7,8,9)(H,10,11,12);2*(H5,2,3,4). The molecule has 12 N–H and O–H groups in total. The van der Waals surface area contributed by atoms with Crippen LogP contribution in [0.2, 0.25) is 0 Å². The van der Waals surface area contributed by atoms with Crippen molar-refractivity contribution in [1.82, 2.24) is 0 Å². The largest absolute Gasteiger partial charge is 0.744 e. The fourth-order valence-electron chi connectivity index (χ4n) is 2.10. The highest BCUT2D eigenvalue weighted by atomic mass is 32.2. The van der Waals surface area contributed by atoms with Crippen molar-refractivity contribution in [3.8, 4) is 0 Å². The number of hydrogen-bond acceptors (Lipinski definition) is 6. The molecule has 0 bridgehead atoms. The third-order valence-electron chi connectivity index (χ3n) is 4.25. The van der Waals surface area contributed by atoms with Gasteiger partial charge in [0, 0.05) is 0 Å². The molecule has 210 valence electrons. The minimum atomic E-state index is -4.61. The van der Waals surface area contributed by atoms with Gasteiger partial charge in [0.05, 0.1) is 9.79 Å². The quantitative estimate of drug-likeness (QED) is 0.114. The van der Waals surface area contributed by atoms with Gasteiger partial charge in [0.2, 0.25) is 0 Å². The van der Waals surface area contributed by atoms with E-state index in [1.54, 1.807) is 0 Å². The van der Waals surface area contributed by atoms with Gasteiger partial charge in [0.15, 0.2) is 0 Å². The SMILES string of the molecule is Cc1ccccc1C.Cc1ccccc1C.NC(N)=[NH2+].NC(N)=[NH2+].O=S(=O)([O-])c1ccc(S(=O)(=O)[O-])cc1. The van der Waals surface area contributed by atoms with Crippen molar-refractivity contribution in [2.75, 3.05) is 0 Å². The summed E-state index contributed by atoms with van der Waals surface area (Å²) < 4.78 is 62.5. The van der Waals surface area contributed by atoms with E-state index in [0.29, 0.717) is 0 Å². The Hall–Kier alpha value is -3.98. The zero-order chi connectivity index (χ0) is 30.1. The lowest BCUT2D eigenvalue weighted by Crippen LogP contribution is -2.51. The topological polar surface area (TPSA) is 270 Å². The van der Waals surface area contributed by atoms with Crippen molar-refractivity contribution < 1.29 is 36.8 Å². The summed E-state index contributed by atoms with van der Waals surface area (Å²) in [6.45, 7) is 8.48. The number of rotatable bonds is 2. The second kappa shape index (κ2) is 17.5. The highest BCUT2D eigenvalue weighted by Crippen LogP contribution is 2.13. The molecule has 0 aliphatic carbocycles. The summed E-state index contributed by atoms with van der Waals surface area (Å²) in [4.78, 5) is -1.16. The van der Waals surface area contributed by atoms with Crippen molar-refractivity contribution in [2.24, 2.45) is 22.9 Å². The Morgan fingerprint density at radius 3 is 0.789 bits per heavy atom. The molecule has 0 heterocycles. The normalized spacial score (nSPS) is 9.84. The summed E-state index contributed by atoms with van der Waals surface area (Å²) in [6, 6.07) is 19.8. The first kappa shape index (κ1) is 36.2. The van der Waals surface area contributed by atoms with Gasteiger partial charge in [0.1, 0.15) is 20.2 Å². The molecule has 0 unspecified atom stereocenters. The summed E-state index contributed by atoms with van der Waals surface area (Å²) in [5.41, 5.74) is 23.8. The van der Waals surface area contributed by atoms with Crippen molar-refractivity contribution in [3.63, 3.8) is 0 Å². The lowest BCUT2D eigenvalue weighted by Gasteiger charge is -2.09. The predicted octanol–water partition coefficient (Wildman–Crippen LogP) is -1.86. The lowest BCUT2D eigenvalue weighted by molar-refractivity contribution is -0.117. The Labute approximate surface area is 224 Å². The fraction of sp³-hybridized carbons (Fsp3) is 0.167. The van der Waals surface area contributed by atoms with Gasteiger partial charge in [0.25, 0.3) is 0 Å². The summed E-state index contributed by atoms with van der Waals surface area (Å²) in [5.74, 6) is -0.167. The maximum absolute atomic E-state index is 10.4. The van der Waals surface area contributed by atoms with Crippen LogP contribution in [0.25, 0.3) is 0 Å². The van der Waals surface area contributed by atoms with Crippen LogP contribution in [0, 0.1) is 27.7 Å². The summed E-state index contributed by atoms with van der Waals surface area (Å²) >= 11 is 0. The van der Waals surface area contributed by atoms with Gasteiger partial charge in [-0.05, 0) is 74.2 Å².